The third-order valence-electron chi connectivity index (χ3n) is 4.39. The third-order valence-corrected chi connectivity index (χ3v) is 5.26. The lowest BCUT2D eigenvalue weighted by molar-refractivity contribution is -0.131. The Kier molecular flexibility index (Phi) is 8.22. The Morgan fingerprint density at radius 3 is 2.52 bits per heavy atom. The van der Waals surface area contributed by atoms with Gasteiger partial charge < -0.3 is 14.4 Å². The molecule has 0 unspecified atom stereocenters. The van der Waals surface area contributed by atoms with Crippen molar-refractivity contribution in [2.45, 2.75) is 26.0 Å². The highest BCUT2D eigenvalue weighted by Crippen LogP contribution is 2.17. The molecule has 0 atom stereocenters. The van der Waals surface area contributed by atoms with Gasteiger partial charge in [-0.2, -0.15) is 0 Å². The van der Waals surface area contributed by atoms with Crippen molar-refractivity contribution in [1.82, 2.24) is 9.88 Å². The second kappa shape index (κ2) is 11.3. The summed E-state index contributed by atoms with van der Waals surface area (Å²) in [6.45, 7) is 2.20. The van der Waals surface area contributed by atoms with Gasteiger partial charge in [-0.05, 0) is 24.1 Å². The molecule has 5 nitrogen and oxygen atoms in total. The maximum absolute atomic E-state index is 12.9. The molecule has 152 valence electrons. The molecule has 0 aliphatic carbocycles. The molecule has 0 N–H and O–H groups in total. The summed E-state index contributed by atoms with van der Waals surface area (Å²) in [7, 11) is 1.68. The molecule has 0 bridgehead atoms. The first-order chi connectivity index (χ1) is 14.2. The van der Waals surface area contributed by atoms with Gasteiger partial charge in [0.15, 0.2) is 0 Å². The van der Waals surface area contributed by atoms with Crippen LogP contribution in [0.5, 0.6) is 5.75 Å². The summed E-state index contributed by atoms with van der Waals surface area (Å²) >= 11 is 1.56. The number of ether oxygens (including phenoxy) is 2. The molecule has 0 aliphatic rings. The number of amides is 1. The Bertz CT molecular complexity index is 868. The van der Waals surface area contributed by atoms with Crippen LogP contribution in [0.1, 0.15) is 22.7 Å². The first-order valence-corrected chi connectivity index (χ1v) is 10.5. The zero-order valence-electron chi connectivity index (χ0n) is 16.6. The quantitative estimate of drug-likeness (QED) is 0.442. The van der Waals surface area contributed by atoms with Crippen molar-refractivity contribution < 1.29 is 14.3 Å². The minimum absolute atomic E-state index is 0.0994. The van der Waals surface area contributed by atoms with Crippen LogP contribution in [0.15, 0.2) is 66.0 Å². The molecule has 1 heterocycles. The average molecular weight is 411 g/mol. The number of nitrogens with zero attached hydrogens (tertiary/aromatic N) is 2. The van der Waals surface area contributed by atoms with Gasteiger partial charge in [0, 0.05) is 25.6 Å². The van der Waals surface area contributed by atoms with Crippen molar-refractivity contribution in [1.29, 1.82) is 0 Å². The first kappa shape index (κ1) is 21.0. The van der Waals surface area contributed by atoms with E-state index >= 15 is 0 Å². The van der Waals surface area contributed by atoms with Gasteiger partial charge >= 0.3 is 0 Å². The topological polar surface area (TPSA) is 51.7 Å². The van der Waals surface area contributed by atoms with Gasteiger partial charge in [-0.3, -0.25) is 4.79 Å². The Labute approximate surface area is 175 Å². The second-order valence-corrected chi connectivity index (χ2v) is 7.60. The predicted octanol–water partition coefficient (Wildman–Crippen LogP) is 4.33. The maximum atomic E-state index is 12.9. The number of hydrogen-bond acceptors (Lipinski definition) is 5. The van der Waals surface area contributed by atoms with Gasteiger partial charge in [-0.25, -0.2) is 4.98 Å². The molecular formula is C23H26N2O3S. The summed E-state index contributed by atoms with van der Waals surface area (Å²) in [5, 5.41) is 2.90. The fourth-order valence-corrected chi connectivity index (χ4v) is 3.62. The molecule has 1 aromatic heterocycles. The molecule has 2 aromatic carbocycles. The predicted molar refractivity (Wildman–Crippen MR) is 115 cm³/mol. The standard InChI is InChI=1S/C23H26N2O3S/c1-27-14-8-13-25(23(26)15-19-9-4-2-5-10-19)16-20-18-29-22(24-20)17-28-21-11-6-3-7-12-21/h2-7,9-12,18H,8,13-17H2,1H3. The minimum Gasteiger partial charge on any atom is -0.486 e. The van der Waals surface area contributed by atoms with Gasteiger partial charge in [0.1, 0.15) is 17.4 Å². The van der Waals surface area contributed by atoms with Crippen LogP contribution in [0, 0.1) is 0 Å². The summed E-state index contributed by atoms with van der Waals surface area (Å²) < 4.78 is 10.9. The van der Waals surface area contributed by atoms with E-state index in [2.05, 4.69) is 4.98 Å². The summed E-state index contributed by atoms with van der Waals surface area (Å²) in [6, 6.07) is 19.5. The Morgan fingerprint density at radius 2 is 1.79 bits per heavy atom. The number of carbonyl (C=O) groups excluding carboxylic acids is 1. The van der Waals surface area contributed by atoms with E-state index in [1.807, 2.05) is 70.9 Å². The average Bonchev–Trinajstić information content (AvgIpc) is 3.20. The lowest BCUT2D eigenvalue weighted by Gasteiger charge is -2.22. The molecule has 1 amide bonds. The summed E-state index contributed by atoms with van der Waals surface area (Å²) in [6.07, 6.45) is 1.19. The third kappa shape index (κ3) is 7.00. The largest absolute Gasteiger partial charge is 0.486 e. The Hall–Kier alpha value is -2.70. The maximum Gasteiger partial charge on any atom is 0.227 e. The van der Waals surface area contributed by atoms with Crippen LogP contribution in [0.25, 0.3) is 0 Å². The van der Waals surface area contributed by atoms with Crippen molar-refractivity contribution in [3.63, 3.8) is 0 Å². The van der Waals surface area contributed by atoms with Crippen LogP contribution in [-0.2, 0) is 29.1 Å². The van der Waals surface area contributed by atoms with E-state index in [1.165, 1.54) is 0 Å². The normalized spacial score (nSPS) is 10.7. The monoisotopic (exact) mass is 410 g/mol. The number of methoxy groups -OCH3 is 1. The van der Waals surface area contributed by atoms with Gasteiger partial charge in [-0.1, -0.05) is 48.5 Å². The second-order valence-electron chi connectivity index (χ2n) is 6.66. The molecule has 0 aliphatic heterocycles. The van der Waals surface area contributed by atoms with Crippen molar-refractivity contribution >= 4 is 17.2 Å². The fraction of sp³-hybridized carbons (Fsp3) is 0.304. The molecule has 6 heteroatoms. The summed E-state index contributed by atoms with van der Waals surface area (Å²) in [4.78, 5) is 19.4. The number of hydrogen-bond donors (Lipinski definition) is 0. The van der Waals surface area contributed by atoms with Crippen LogP contribution in [-0.4, -0.2) is 36.1 Å². The van der Waals surface area contributed by atoms with E-state index in [0.717, 1.165) is 28.4 Å². The Balaban J connectivity index is 1.59. The first-order valence-electron chi connectivity index (χ1n) is 9.66. The van der Waals surface area contributed by atoms with Gasteiger partial charge in [0.05, 0.1) is 18.7 Å². The van der Waals surface area contributed by atoms with E-state index in [9.17, 15) is 4.79 Å². The molecule has 3 aromatic rings. The van der Waals surface area contributed by atoms with Crippen LogP contribution in [0.2, 0.25) is 0 Å². The van der Waals surface area contributed by atoms with Crippen molar-refractivity contribution in [3.05, 3.63) is 82.3 Å². The van der Waals surface area contributed by atoms with Crippen LogP contribution < -0.4 is 4.74 Å². The SMILES string of the molecule is COCCCN(Cc1csc(COc2ccccc2)n1)C(=O)Cc1ccccc1. The molecule has 3 rings (SSSR count). The molecular weight excluding hydrogens is 384 g/mol. The fourth-order valence-electron chi connectivity index (χ4n) is 2.92. The number of aromatic nitrogens is 1. The molecule has 0 radical (unpaired) electrons. The molecule has 0 fully saturated rings. The van der Waals surface area contributed by atoms with Crippen LogP contribution >= 0.6 is 11.3 Å². The van der Waals surface area contributed by atoms with Crippen molar-refractivity contribution in [3.8, 4) is 5.75 Å². The van der Waals surface area contributed by atoms with Gasteiger partial charge in [-0.15, -0.1) is 11.3 Å². The summed E-state index contributed by atoms with van der Waals surface area (Å²) in [5.74, 6) is 0.922. The van der Waals surface area contributed by atoms with E-state index in [-0.39, 0.29) is 5.91 Å². The number of thiazole rings is 1. The number of rotatable bonds is 11. The van der Waals surface area contributed by atoms with E-state index in [0.29, 0.717) is 32.7 Å². The van der Waals surface area contributed by atoms with E-state index < -0.39 is 0 Å². The lowest BCUT2D eigenvalue weighted by atomic mass is 10.1. The number of para-hydroxylation sites is 1. The smallest absolute Gasteiger partial charge is 0.227 e. The van der Waals surface area contributed by atoms with E-state index in [1.54, 1.807) is 18.4 Å². The van der Waals surface area contributed by atoms with Crippen LogP contribution in [0.3, 0.4) is 0 Å². The van der Waals surface area contributed by atoms with Gasteiger partial charge in [0.25, 0.3) is 0 Å². The minimum atomic E-state index is 0.0994. The Morgan fingerprint density at radius 1 is 1.07 bits per heavy atom. The highest BCUT2D eigenvalue weighted by atomic mass is 32.1. The highest BCUT2D eigenvalue weighted by molar-refractivity contribution is 7.09. The van der Waals surface area contributed by atoms with Crippen molar-refractivity contribution in [2.75, 3.05) is 20.3 Å². The molecule has 0 saturated carbocycles. The lowest BCUT2D eigenvalue weighted by Crippen LogP contribution is -2.33. The number of benzene rings is 2. The molecule has 29 heavy (non-hydrogen) atoms. The summed E-state index contributed by atoms with van der Waals surface area (Å²) in [5.41, 5.74) is 1.91. The number of carbonyl (C=O) groups is 1. The van der Waals surface area contributed by atoms with Crippen molar-refractivity contribution in [2.24, 2.45) is 0 Å². The highest BCUT2D eigenvalue weighted by Gasteiger charge is 2.16. The van der Waals surface area contributed by atoms with E-state index in [4.69, 9.17) is 9.47 Å². The molecule has 0 spiro atoms. The zero-order chi connectivity index (χ0) is 20.3. The molecule has 0 saturated heterocycles. The van der Waals surface area contributed by atoms with Gasteiger partial charge in [0.2, 0.25) is 5.91 Å². The van der Waals surface area contributed by atoms with Crippen LogP contribution in [0.4, 0.5) is 0 Å². The zero-order valence-corrected chi connectivity index (χ0v) is 17.4.